The number of halogens is 5. The molecule has 0 aliphatic carbocycles. The van der Waals surface area contributed by atoms with Crippen LogP contribution in [0.3, 0.4) is 0 Å². The van der Waals surface area contributed by atoms with E-state index >= 15 is 0 Å². The van der Waals surface area contributed by atoms with Crippen molar-refractivity contribution in [3.63, 3.8) is 0 Å². The monoisotopic (exact) mass is 462 g/mol. The maximum atomic E-state index is 13.8. The van der Waals surface area contributed by atoms with E-state index in [1.165, 1.54) is 24.3 Å². The molecule has 1 fully saturated rings. The summed E-state index contributed by atoms with van der Waals surface area (Å²) in [6, 6.07) is 9.32. The SMILES string of the molecule is O=C(Cc1ccc(Oc2c(F)c(F)c(F)c(F)c2F)cc1)N1CCCC[C@@H]1c1cccnc1. The maximum Gasteiger partial charge on any atom is 0.227 e. The fourth-order valence-corrected chi connectivity index (χ4v) is 3.89. The minimum absolute atomic E-state index is 0.0585. The van der Waals surface area contributed by atoms with Crippen LogP contribution in [0.2, 0.25) is 0 Å². The van der Waals surface area contributed by atoms with Gasteiger partial charge in [-0.05, 0) is 48.6 Å². The Kier molecular flexibility index (Phi) is 6.57. The predicted octanol–water partition coefficient (Wildman–Crippen LogP) is 5.87. The van der Waals surface area contributed by atoms with Crippen molar-refractivity contribution in [2.45, 2.75) is 31.7 Å². The van der Waals surface area contributed by atoms with Gasteiger partial charge in [0.15, 0.2) is 0 Å². The summed E-state index contributed by atoms with van der Waals surface area (Å²) in [5.74, 6) is -12.2. The van der Waals surface area contributed by atoms with Crippen molar-refractivity contribution in [3.05, 3.63) is 89.0 Å². The number of ether oxygens (including phenoxy) is 1. The summed E-state index contributed by atoms with van der Waals surface area (Å²) in [5, 5.41) is 0. The van der Waals surface area contributed by atoms with Gasteiger partial charge in [0.05, 0.1) is 12.5 Å². The first kappa shape index (κ1) is 22.7. The second-order valence-corrected chi connectivity index (χ2v) is 7.71. The molecule has 1 aliphatic heterocycles. The molecule has 1 aromatic heterocycles. The zero-order chi connectivity index (χ0) is 23.5. The lowest BCUT2D eigenvalue weighted by Gasteiger charge is -2.36. The molecular formula is C24H19F5N2O2. The number of likely N-dealkylation sites (tertiary alicyclic amines) is 1. The summed E-state index contributed by atoms with van der Waals surface area (Å²) >= 11 is 0. The average Bonchev–Trinajstić information content (AvgIpc) is 2.85. The molecule has 0 unspecified atom stereocenters. The highest BCUT2D eigenvalue weighted by Crippen LogP contribution is 2.33. The molecule has 1 amide bonds. The molecule has 0 radical (unpaired) electrons. The summed E-state index contributed by atoms with van der Waals surface area (Å²) < 4.78 is 72.4. The molecule has 1 atom stereocenters. The number of piperidine rings is 1. The minimum Gasteiger partial charge on any atom is -0.451 e. The lowest BCUT2D eigenvalue weighted by atomic mass is 9.95. The van der Waals surface area contributed by atoms with Crippen molar-refractivity contribution in [1.82, 2.24) is 9.88 Å². The zero-order valence-corrected chi connectivity index (χ0v) is 17.3. The molecule has 172 valence electrons. The van der Waals surface area contributed by atoms with Crippen LogP contribution >= 0.6 is 0 Å². The molecule has 1 saturated heterocycles. The Morgan fingerprint density at radius 3 is 2.24 bits per heavy atom. The molecule has 1 aliphatic rings. The smallest absolute Gasteiger partial charge is 0.227 e. The number of aromatic nitrogens is 1. The van der Waals surface area contributed by atoms with Crippen molar-refractivity contribution in [2.75, 3.05) is 6.54 Å². The van der Waals surface area contributed by atoms with Gasteiger partial charge in [-0.3, -0.25) is 9.78 Å². The molecule has 0 bridgehead atoms. The van der Waals surface area contributed by atoms with Gasteiger partial charge in [-0.2, -0.15) is 8.78 Å². The predicted molar refractivity (Wildman–Crippen MR) is 109 cm³/mol. The van der Waals surface area contributed by atoms with Crippen LogP contribution in [0.4, 0.5) is 22.0 Å². The summed E-state index contributed by atoms with van der Waals surface area (Å²) in [5.41, 5.74) is 1.58. The number of amides is 1. The number of hydrogen-bond acceptors (Lipinski definition) is 3. The van der Waals surface area contributed by atoms with E-state index in [0.717, 1.165) is 24.8 Å². The Balaban J connectivity index is 1.47. The Labute approximate surface area is 186 Å². The van der Waals surface area contributed by atoms with Gasteiger partial charge in [-0.25, -0.2) is 13.2 Å². The Morgan fingerprint density at radius 2 is 1.61 bits per heavy atom. The number of pyridine rings is 1. The van der Waals surface area contributed by atoms with Gasteiger partial charge in [0.25, 0.3) is 0 Å². The highest BCUT2D eigenvalue weighted by Gasteiger charge is 2.29. The van der Waals surface area contributed by atoms with Crippen LogP contribution in [0.25, 0.3) is 0 Å². The van der Waals surface area contributed by atoms with E-state index in [2.05, 4.69) is 4.98 Å². The summed E-state index contributed by atoms with van der Waals surface area (Å²) in [7, 11) is 0. The van der Waals surface area contributed by atoms with Gasteiger partial charge < -0.3 is 9.64 Å². The summed E-state index contributed by atoms with van der Waals surface area (Å²) in [4.78, 5) is 18.9. The number of carbonyl (C=O) groups is 1. The van der Waals surface area contributed by atoms with Crippen LogP contribution in [0.1, 0.15) is 36.4 Å². The number of hydrogen-bond donors (Lipinski definition) is 0. The highest BCUT2D eigenvalue weighted by molar-refractivity contribution is 5.79. The Hall–Kier alpha value is -3.49. The van der Waals surface area contributed by atoms with Gasteiger partial charge in [-0.1, -0.05) is 18.2 Å². The van der Waals surface area contributed by atoms with Crippen molar-refractivity contribution >= 4 is 5.91 Å². The van der Waals surface area contributed by atoms with Gasteiger partial charge in [0.1, 0.15) is 5.75 Å². The van der Waals surface area contributed by atoms with E-state index in [-0.39, 0.29) is 24.1 Å². The van der Waals surface area contributed by atoms with Gasteiger partial charge in [-0.15, -0.1) is 0 Å². The molecule has 4 nitrogen and oxygen atoms in total. The molecule has 0 saturated carbocycles. The van der Waals surface area contributed by atoms with E-state index in [0.29, 0.717) is 12.1 Å². The van der Waals surface area contributed by atoms with Crippen molar-refractivity contribution in [1.29, 1.82) is 0 Å². The third-order valence-electron chi connectivity index (χ3n) is 5.56. The second kappa shape index (κ2) is 9.56. The number of rotatable bonds is 5. The van der Waals surface area contributed by atoms with Crippen LogP contribution < -0.4 is 4.74 Å². The van der Waals surface area contributed by atoms with E-state index in [4.69, 9.17) is 4.74 Å². The number of benzene rings is 2. The molecule has 3 aromatic rings. The van der Waals surface area contributed by atoms with Gasteiger partial charge >= 0.3 is 0 Å². The van der Waals surface area contributed by atoms with E-state index in [1.807, 2.05) is 17.0 Å². The molecular weight excluding hydrogens is 443 g/mol. The van der Waals surface area contributed by atoms with Crippen LogP contribution in [-0.2, 0) is 11.2 Å². The molecule has 0 N–H and O–H groups in total. The third kappa shape index (κ3) is 4.67. The van der Waals surface area contributed by atoms with E-state index < -0.39 is 34.8 Å². The van der Waals surface area contributed by atoms with E-state index in [1.54, 1.807) is 12.4 Å². The molecule has 9 heteroatoms. The molecule has 4 rings (SSSR count). The quantitative estimate of drug-likeness (QED) is 0.271. The summed E-state index contributed by atoms with van der Waals surface area (Å²) in [6.07, 6.45) is 6.26. The molecule has 2 aromatic carbocycles. The zero-order valence-electron chi connectivity index (χ0n) is 17.3. The van der Waals surface area contributed by atoms with Crippen LogP contribution in [0, 0.1) is 29.1 Å². The largest absolute Gasteiger partial charge is 0.451 e. The topological polar surface area (TPSA) is 42.4 Å². The second-order valence-electron chi connectivity index (χ2n) is 7.71. The Morgan fingerprint density at radius 1 is 0.939 bits per heavy atom. The van der Waals surface area contributed by atoms with E-state index in [9.17, 15) is 26.7 Å². The molecule has 0 spiro atoms. The number of nitrogens with zero attached hydrogens (tertiary/aromatic N) is 2. The van der Waals surface area contributed by atoms with Crippen molar-refractivity contribution in [3.8, 4) is 11.5 Å². The third-order valence-corrected chi connectivity index (χ3v) is 5.56. The summed E-state index contributed by atoms with van der Waals surface area (Å²) in [6.45, 7) is 0.625. The van der Waals surface area contributed by atoms with Crippen LogP contribution in [0.5, 0.6) is 11.5 Å². The van der Waals surface area contributed by atoms with Crippen molar-refractivity contribution < 1.29 is 31.5 Å². The van der Waals surface area contributed by atoms with Crippen LogP contribution in [-0.4, -0.2) is 22.3 Å². The van der Waals surface area contributed by atoms with Crippen molar-refractivity contribution in [2.24, 2.45) is 0 Å². The molecule has 2 heterocycles. The first-order chi connectivity index (χ1) is 15.9. The minimum atomic E-state index is -2.26. The average molecular weight is 462 g/mol. The lowest BCUT2D eigenvalue weighted by Crippen LogP contribution is -2.39. The highest BCUT2D eigenvalue weighted by atomic mass is 19.2. The maximum absolute atomic E-state index is 13.8. The number of carbonyl (C=O) groups excluding carboxylic acids is 1. The van der Waals surface area contributed by atoms with Gasteiger partial charge in [0.2, 0.25) is 40.7 Å². The fourth-order valence-electron chi connectivity index (χ4n) is 3.89. The first-order valence-corrected chi connectivity index (χ1v) is 10.3. The first-order valence-electron chi connectivity index (χ1n) is 10.3. The Bertz CT molecular complexity index is 1130. The fraction of sp³-hybridized carbons (Fsp3) is 0.250. The van der Waals surface area contributed by atoms with Crippen LogP contribution in [0.15, 0.2) is 48.8 Å². The standard InChI is InChI=1S/C24H19F5N2O2/c25-19-20(26)22(28)24(23(29)21(19)27)33-16-8-6-14(7-9-16)12-18(32)31-11-2-1-5-17(31)15-4-3-10-30-13-15/h3-4,6-10,13,17H,1-2,5,11-12H2/t17-/m1/s1. The molecule has 33 heavy (non-hydrogen) atoms. The van der Waals surface area contributed by atoms with Gasteiger partial charge in [0, 0.05) is 18.9 Å². The normalized spacial score (nSPS) is 16.0. The lowest BCUT2D eigenvalue weighted by molar-refractivity contribution is -0.134.